The highest BCUT2D eigenvalue weighted by Gasteiger charge is 2.05. The summed E-state index contributed by atoms with van der Waals surface area (Å²) in [5.41, 5.74) is 2.18. The van der Waals surface area contributed by atoms with E-state index in [1.807, 2.05) is 61.6 Å². The number of ether oxygens (including phenoxy) is 1. The van der Waals surface area contributed by atoms with Crippen molar-refractivity contribution in [2.75, 3.05) is 32.1 Å². The van der Waals surface area contributed by atoms with E-state index < -0.39 is 0 Å². The number of nitrogens with one attached hydrogen (secondary N) is 2. The zero-order valence-corrected chi connectivity index (χ0v) is 19.1. The molecule has 0 radical (unpaired) electrons. The third-order valence-electron chi connectivity index (χ3n) is 3.81. The highest BCUT2D eigenvalue weighted by molar-refractivity contribution is 14.0. The molecule has 1 aromatic heterocycles. The quantitative estimate of drug-likeness (QED) is 0.241. The van der Waals surface area contributed by atoms with Crippen LogP contribution in [0.2, 0.25) is 0 Å². The number of nitrogens with zero attached hydrogens (tertiary/aromatic N) is 3. The summed E-state index contributed by atoms with van der Waals surface area (Å²) in [4.78, 5) is 11.0. The number of hydrogen-bond donors (Lipinski definition) is 2. The van der Waals surface area contributed by atoms with E-state index >= 15 is 0 Å². The number of guanidine groups is 1. The minimum atomic E-state index is 0. The molecule has 152 valence electrons. The van der Waals surface area contributed by atoms with Crippen LogP contribution in [0.1, 0.15) is 18.1 Å². The summed E-state index contributed by atoms with van der Waals surface area (Å²) in [5, 5.41) is 6.65. The first-order valence-corrected chi connectivity index (χ1v) is 9.10. The monoisotopic (exact) mass is 495 g/mol. The third-order valence-corrected chi connectivity index (χ3v) is 3.81. The Kier molecular flexibility index (Phi) is 11.0. The van der Waals surface area contributed by atoms with Gasteiger partial charge in [-0.1, -0.05) is 30.9 Å². The normalized spacial score (nSPS) is 10.6. The Labute approximate surface area is 185 Å². The predicted molar refractivity (Wildman–Crippen MR) is 128 cm³/mol. The third kappa shape index (κ3) is 7.75. The maximum atomic E-state index is 5.71. The number of hydrogen-bond acceptors (Lipinski definition) is 4. The van der Waals surface area contributed by atoms with Crippen molar-refractivity contribution in [1.29, 1.82) is 0 Å². The van der Waals surface area contributed by atoms with E-state index in [4.69, 9.17) is 4.74 Å². The van der Waals surface area contributed by atoms with Crippen LogP contribution in [-0.2, 0) is 13.1 Å². The number of pyridine rings is 1. The van der Waals surface area contributed by atoms with Gasteiger partial charge in [0.1, 0.15) is 18.2 Å². The molecular formula is C21H30IN5O. The fourth-order valence-electron chi connectivity index (χ4n) is 2.43. The highest BCUT2D eigenvalue weighted by atomic mass is 127. The van der Waals surface area contributed by atoms with Gasteiger partial charge in [0.15, 0.2) is 5.96 Å². The lowest BCUT2D eigenvalue weighted by Gasteiger charge is -2.14. The molecule has 0 aliphatic heterocycles. The Bertz CT molecular complexity index is 764. The lowest BCUT2D eigenvalue weighted by atomic mass is 10.2. The summed E-state index contributed by atoms with van der Waals surface area (Å²) in [6, 6.07) is 12.0. The van der Waals surface area contributed by atoms with E-state index in [9.17, 15) is 0 Å². The Morgan fingerprint density at radius 3 is 2.75 bits per heavy atom. The standard InChI is InChI=1S/C21H29N5O.HI/c1-5-13-27-19-10-8-7-9-18(19)16-25-21(22-6-2)24-15-17-11-12-23-20(14-17)26(3)4;/h5,7-12,14H,1,6,13,15-16H2,2-4H3,(H2,22,24,25);1H. The van der Waals surface area contributed by atoms with Gasteiger partial charge in [-0.15, -0.1) is 24.0 Å². The average molecular weight is 495 g/mol. The first kappa shape index (κ1) is 23.7. The second-order valence-corrected chi connectivity index (χ2v) is 6.17. The number of anilines is 1. The zero-order valence-electron chi connectivity index (χ0n) is 16.8. The molecule has 0 fully saturated rings. The molecule has 0 saturated heterocycles. The minimum absolute atomic E-state index is 0. The summed E-state index contributed by atoms with van der Waals surface area (Å²) in [6.07, 6.45) is 3.56. The molecule has 0 aliphatic rings. The van der Waals surface area contributed by atoms with Crippen LogP contribution in [0.3, 0.4) is 0 Å². The van der Waals surface area contributed by atoms with Crippen molar-refractivity contribution in [3.63, 3.8) is 0 Å². The van der Waals surface area contributed by atoms with Crippen LogP contribution in [0.15, 0.2) is 60.2 Å². The number of aromatic nitrogens is 1. The van der Waals surface area contributed by atoms with Crippen molar-refractivity contribution >= 4 is 35.8 Å². The highest BCUT2D eigenvalue weighted by Crippen LogP contribution is 2.17. The van der Waals surface area contributed by atoms with Gasteiger partial charge < -0.3 is 20.3 Å². The number of benzene rings is 1. The molecule has 2 N–H and O–H groups in total. The van der Waals surface area contributed by atoms with Crippen molar-refractivity contribution in [3.8, 4) is 5.75 Å². The van der Waals surface area contributed by atoms with E-state index in [1.54, 1.807) is 6.08 Å². The van der Waals surface area contributed by atoms with Gasteiger partial charge in [0.25, 0.3) is 0 Å². The number of rotatable bonds is 9. The molecule has 0 bridgehead atoms. The number of para-hydroxylation sites is 1. The van der Waals surface area contributed by atoms with Gasteiger partial charge in [-0.3, -0.25) is 0 Å². The minimum Gasteiger partial charge on any atom is -0.489 e. The van der Waals surface area contributed by atoms with Crippen LogP contribution < -0.4 is 20.3 Å². The molecule has 1 aromatic carbocycles. The molecule has 0 aliphatic carbocycles. The van der Waals surface area contributed by atoms with Crippen LogP contribution in [0.4, 0.5) is 5.82 Å². The Morgan fingerprint density at radius 1 is 1.25 bits per heavy atom. The van der Waals surface area contributed by atoms with E-state index in [2.05, 4.69) is 34.1 Å². The lowest BCUT2D eigenvalue weighted by molar-refractivity contribution is 0.358. The fourth-order valence-corrected chi connectivity index (χ4v) is 2.43. The SMILES string of the molecule is C=CCOc1ccccc1CNC(=NCc1ccnc(N(C)C)c1)NCC.I. The van der Waals surface area contributed by atoms with Crippen LogP contribution >= 0.6 is 24.0 Å². The summed E-state index contributed by atoms with van der Waals surface area (Å²) in [6.45, 7) is 8.23. The second kappa shape index (κ2) is 13.0. The van der Waals surface area contributed by atoms with Crippen molar-refractivity contribution in [1.82, 2.24) is 15.6 Å². The molecule has 2 aromatic rings. The predicted octanol–water partition coefficient (Wildman–Crippen LogP) is 3.59. The van der Waals surface area contributed by atoms with Crippen LogP contribution in [0.5, 0.6) is 5.75 Å². The van der Waals surface area contributed by atoms with Gasteiger partial charge in [-0.2, -0.15) is 0 Å². The summed E-state index contributed by atoms with van der Waals surface area (Å²) in [5.74, 6) is 2.54. The van der Waals surface area contributed by atoms with Crippen molar-refractivity contribution in [2.24, 2.45) is 4.99 Å². The van der Waals surface area contributed by atoms with Crippen LogP contribution in [-0.4, -0.2) is 38.2 Å². The van der Waals surface area contributed by atoms with Crippen molar-refractivity contribution < 1.29 is 4.74 Å². The first-order valence-electron chi connectivity index (χ1n) is 9.10. The lowest BCUT2D eigenvalue weighted by Crippen LogP contribution is -2.36. The van der Waals surface area contributed by atoms with Crippen LogP contribution in [0.25, 0.3) is 0 Å². The van der Waals surface area contributed by atoms with Gasteiger partial charge in [0.05, 0.1) is 6.54 Å². The Hall–Kier alpha value is -2.29. The topological polar surface area (TPSA) is 61.8 Å². The first-order chi connectivity index (χ1) is 13.1. The smallest absolute Gasteiger partial charge is 0.191 e. The van der Waals surface area contributed by atoms with Crippen LogP contribution in [0, 0.1) is 0 Å². The average Bonchev–Trinajstić information content (AvgIpc) is 2.69. The Balaban J connectivity index is 0.00000392. The molecule has 0 amide bonds. The van der Waals surface area contributed by atoms with Gasteiger partial charge in [0, 0.05) is 38.9 Å². The van der Waals surface area contributed by atoms with E-state index in [0.29, 0.717) is 19.7 Å². The van der Waals surface area contributed by atoms with Gasteiger partial charge in [0.2, 0.25) is 0 Å². The molecule has 2 rings (SSSR count). The zero-order chi connectivity index (χ0) is 19.5. The largest absolute Gasteiger partial charge is 0.489 e. The number of aliphatic imine (C=N–C) groups is 1. The molecular weight excluding hydrogens is 465 g/mol. The summed E-state index contributed by atoms with van der Waals surface area (Å²) in [7, 11) is 3.96. The molecule has 28 heavy (non-hydrogen) atoms. The molecule has 0 saturated carbocycles. The summed E-state index contributed by atoms with van der Waals surface area (Å²) >= 11 is 0. The summed E-state index contributed by atoms with van der Waals surface area (Å²) < 4.78 is 5.71. The van der Waals surface area contributed by atoms with Gasteiger partial charge >= 0.3 is 0 Å². The molecule has 6 nitrogen and oxygen atoms in total. The molecule has 1 heterocycles. The molecule has 0 unspecified atom stereocenters. The van der Waals surface area contributed by atoms with E-state index in [-0.39, 0.29) is 24.0 Å². The maximum Gasteiger partial charge on any atom is 0.191 e. The second-order valence-electron chi connectivity index (χ2n) is 6.17. The maximum absolute atomic E-state index is 5.71. The number of halogens is 1. The van der Waals surface area contributed by atoms with E-state index in [1.165, 1.54) is 0 Å². The van der Waals surface area contributed by atoms with E-state index in [0.717, 1.165) is 35.2 Å². The van der Waals surface area contributed by atoms with Gasteiger partial charge in [-0.25, -0.2) is 9.98 Å². The molecule has 0 spiro atoms. The fraction of sp³-hybridized carbons (Fsp3) is 0.333. The Morgan fingerprint density at radius 2 is 2.04 bits per heavy atom. The van der Waals surface area contributed by atoms with Gasteiger partial charge in [-0.05, 0) is 30.7 Å². The molecule has 7 heteroatoms. The van der Waals surface area contributed by atoms with Crippen molar-refractivity contribution in [2.45, 2.75) is 20.0 Å². The molecule has 0 atom stereocenters. The van der Waals surface area contributed by atoms with Crippen molar-refractivity contribution in [3.05, 3.63) is 66.4 Å².